The minimum absolute atomic E-state index is 0.174. The lowest BCUT2D eigenvalue weighted by atomic mass is 10.1. The van der Waals surface area contributed by atoms with Crippen molar-refractivity contribution in [3.05, 3.63) is 41.3 Å². The molecule has 2 N–H and O–H groups in total. The molecule has 1 fully saturated rings. The molecule has 0 bridgehead atoms. The lowest BCUT2D eigenvalue weighted by Gasteiger charge is -2.03. The van der Waals surface area contributed by atoms with Crippen LogP contribution in [0.15, 0.2) is 24.4 Å². The van der Waals surface area contributed by atoms with Gasteiger partial charge in [0.15, 0.2) is 5.69 Å². The predicted molar refractivity (Wildman–Crippen MR) is 65.3 cm³/mol. The highest BCUT2D eigenvalue weighted by molar-refractivity contribution is 6.03. The van der Waals surface area contributed by atoms with Crippen LogP contribution in [0.25, 0.3) is 0 Å². The highest BCUT2D eigenvalue weighted by atomic mass is 16.2. The Morgan fingerprint density at radius 3 is 3.22 bits per heavy atom. The second-order valence-electron chi connectivity index (χ2n) is 4.94. The summed E-state index contributed by atoms with van der Waals surface area (Å²) in [5.41, 5.74) is 2.80. The zero-order valence-electron chi connectivity index (χ0n) is 9.68. The maximum absolute atomic E-state index is 12.1. The predicted octanol–water partition coefficient (Wildman–Crippen LogP) is 1.72. The van der Waals surface area contributed by atoms with E-state index in [0.29, 0.717) is 17.4 Å². The van der Waals surface area contributed by atoms with E-state index in [-0.39, 0.29) is 5.91 Å². The van der Waals surface area contributed by atoms with Crippen LogP contribution in [0.1, 0.15) is 34.1 Å². The van der Waals surface area contributed by atoms with E-state index in [9.17, 15) is 4.79 Å². The molecular weight excluding hydrogens is 228 g/mol. The van der Waals surface area contributed by atoms with Gasteiger partial charge < -0.3 is 5.32 Å². The third-order valence-corrected chi connectivity index (χ3v) is 3.78. The van der Waals surface area contributed by atoms with E-state index in [4.69, 9.17) is 0 Å². The molecule has 4 rings (SSSR count). The van der Waals surface area contributed by atoms with Gasteiger partial charge in [0.2, 0.25) is 0 Å². The van der Waals surface area contributed by atoms with Crippen LogP contribution in [-0.2, 0) is 6.42 Å². The summed E-state index contributed by atoms with van der Waals surface area (Å²) in [6.07, 6.45) is 3.89. The Bertz CT molecular complexity index is 619. The Labute approximate surface area is 104 Å². The summed E-state index contributed by atoms with van der Waals surface area (Å²) in [5.74, 6) is 1.76. The summed E-state index contributed by atoms with van der Waals surface area (Å²) >= 11 is 0. The Hall–Kier alpha value is -2.17. The van der Waals surface area contributed by atoms with E-state index >= 15 is 0 Å². The number of fused-ring (bicyclic) bond motifs is 3. The van der Waals surface area contributed by atoms with E-state index in [1.54, 1.807) is 12.3 Å². The molecule has 90 valence electrons. The first kappa shape index (κ1) is 9.82. The number of nitrogens with one attached hydrogen (secondary N) is 2. The smallest absolute Gasteiger partial charge is 0.277 e. The second-order valence-corrected chi connectivity index (χ2v) is 4.94. The molecular formula is C13H12N4O. The largest absolute Gasteiger partial charge is 0.305 e. The van der Waals surface area contributed by atoms with Crippen molar-refractivity contribution in [2.75, 3.05) is 5.32 Å². The molecule has 0 aromatic carbocycles. The fourth-order valence-corrected chi connectivity index (χ4v) is 2.78. The van der Waals surface area contributed by atoms with Crippen LogP contribution >= 0.6 is 0 Å². The minimum atomic E-state index is -0.174. The maximum atomic E-state index is 12.1. The molecule has 1 saturated carbocycles. The average Bonchev–Trinajstić information content (AvgIpc) is 2.86. The Morgan fingerprint density at radius 2 is 2.39 bits per heavy atom. The third-order valence-electron chi connectivity index (χ3n) is 3.78. The number of pyridine rings is 1. The lowest BCUT2D eigenvalue weighted by Crippen LogP contribution is -2.15. The summed E-state index contributed by atoms with van der Waals surface area (Å²) < 4.78 is 0. The molecule has 2 atom stereocenters. The molecule has 5 heteroatoms. The standard InChI is InChI=1S/C13H12N4O/c18-13(15-10-3-1-2-4-14-10)12-9-6-7-5-8(7)11(9)16-17-12/h1-4,7-8H,5-6H2,(H,16,17)(H,14,15,18). The molecule has 2 aliphatic carbocycles. The van der Waals surface area contributed by atoms with E-state index in [0.717, 1.165) is 17.9 Å². The highest BCUT2D eigenvalue weighted by Crippen LogP contribution is 2.55. The second kappa shape index (κ2) is 3.41. The molecule has 2 aromatic heterocycles. The van der Waals surface area contributed by atoms with Crippen LogP contribution < -0.4 is 5.32 Å². The van der Waals surface area contributed by atoms with Crippen molar-refractivity contribution in [3.8, 4) is 0 Å². The first-order chi connectivity index (χ1) is 8.83. The summed E-state index contributed by atoms with van der Waals surface area (Å²) in [4.78, 5) is 16.2. The van der Waals surface area contributed by atoms with Gasteiger partial charge in [0, 0.05) is 23.4 Å². The zero-order chi connectivity index (χ0) is 12.1. The van der Waals surface area contributed by atoms with Gasteiger partial charge in [-0.1, -0.05) is 6.07 Å². The number of carbonyl (C=O) groups excluding carboxylic acids is 1. The quantitative estimate of drug-likeness (QED) is 0.839. The number of hydrogen-bond acceptors (Lipinski definition) is 3. The Kier molecular flexibility index (Phi) is 1.86. The number of carbonyl (C=O) groups is 1. The first-order valence-electron chi connectivity index (χ1n) is 6.12. The molecule has 5 nitrogen and oxygen atoms in total. The van der Waals surface area contributed by atoms with Crippen LogP contribution in [0, 0.1) is 5.92 Å². The molecule has 18 heavy (non-hydrogen) atoms. The molecule has 2 heterocycles. The third kappa shape index (κ3) is 1.37. The first-order valence-corrected chi connectivity index (χ1v) is 6.12. The lowest BCUT2D eigenvalue weighted by molar-refractivity contribution is 0.102. The van der Waals surface area contributed by atoms with Crippen molar-refractivity contribution in [1.82, 2.24) is 15.2 Å². The summed E-state index contributed by atoms with van der Waals surface area (Å²) in [6, 6.07) is 5.42. The molecule has 1 amide bonds. The topological polar surface area (TPSA) is 70.7 Å². The number of amides is 1. The van der Waals surface area contributed by atoms with Gasteiger partial charge in [-0.2, -0.15) is 5.10 Å². The van der Waals surface area contributed by atoms with Crippen LogP contribution in [0.4, 0.5) is 5.82 Å². The molecule has 0 aliphatic heterocycles. The van der Waals surface area contributed by atoms with Gasteiger partial charge in [0.05, 0.1) is 0 Å². The number of anilines is 1. The number of nitrogens with zero attached hydrogens (tertiary/aromatic N) is 2. The van der Waals surface area contributed by atoms with Crippen LogP contribution in [-0.4, -0.2) is 21.1 Å². The summed E-state index contributed by atoms with van der Waals surface area (Å²) in [7, 11) is 0. The van der Waals surface area contributed by atoms with Gasteiger partial charge in [-0.3, -0.25) is 9.89 Å². The molecule has 0 radical (unpaired) electrons. The Balaban J connectivity index is 1.61. The minimum Gasteiger partial charge on any atom is -0.305 e. The highest BCUT2D eigenvalue weighted by Gasteiger charge is 2.48. The van der Waals surface area contributed by atoms with Gasteiger partial charge in [0.25, 0.3) is 5.91 Å². The van der Waals surface area contributed by atoms with Crippen molar-refractivity contribution < 1.29 is 4.79 Å². The number of hydrogen-bond donors (Lipinski definition) is 2. The maximum Gasteiger partial charge on any atom is 0.277 e. The van der Waals surface area contributed by atoms with Crippen molar-refractivity contribution in [2.24, 2.45) is 5.92 Å². The molecule has 2 aromatic rings. The van der Waals surface area contributed by atoms with Crippen LogP contribution in [0.3, 0.4) is 0 Å². The van der Waals surface area contributed by atoms with E-state index in [2.05, 4.69) is 20.5 Å². The van der Waals surface area contributed by atoms with Crippen LogP contribution in [0.2, 0.25) is 0 Å². The summed E-state index contributed by atoms with van der Waals surface area (Å²) in [6.45, 7) is 0. The van der Waals surface area contributed by atoms with Gasteiger partial charge in [-0.15, -0.1) is 0 Å². The van der Waals surface area contributed by atoms with E-state index in [1.807, 2.05) is 12.1 Å². The normalized spacial score (nSPS) is 23.3. The number of aromatic nitrogens is 3. The van der Waals surface area contributed by atoms with Gasteiger partial charge >= 0.3 is 0 Å². The van der Waals surface area contributed by atoms with Crippen molar-refractivity contribution in [2.45, 2.75) is 18.8 Å². The van der Waals surface area contributed by atoms with Crippen molar-refractivity contribution in [1.29, 1.82) is 0 Å². The molecule has 0 spiro atoms. The molecule has 2 aliphatic rings. The zero-order valence-corrected chi connectivity index (χ0v) is 9.68. The average molecular weight is 240 g/mol. The number of aromatic amines is 1. The SMILES string of the molecule is O=C(Nc1ccccn1)c1n[nH]c2c1CC1CC21. The monoisotopic (exact) mass is 240 g/mol. The van der Waals surface area contributed by atoms with Gasteiger partial charge in [-0.25, -0.2) is 4.98 Å². The van der Waals surface area contributed by atoms with E-state index < -0.39 is 0 Å². The number of rotatable bonds is 2. The molecule has 2 unspecified atom stereocenters. The Morgan fingerprint density at radius 1 is 1.44 bits per heavy atom. The fourth-order valence-electron chi connectivity index (χ4n) is 2.78. The molecule has 0 saturated heterocycles. The number of H-pyrrole nitrogens is 1. The van der Waals surface area contributed by atoms with Crippen molar-refractivity contribution >= 4 is 11.7 Å². The fraction of sp³-hybridized carbons (Fsp3) is 0.308. The summed E-state index contributed by atoms with van der Waals surface area (Å²) in [5, 5.41) is 9.93. The van der Waals surface area contributed by atoms with Gasteiger partial charge in [0.1, 0.15) is 5.82 Å². The van der Waals surface area contributed by atoms with Crippen molar-refractivity contribution in [3.63, 3.8) is 0 Å². The van der Waals surface area contributed by atoms with Gasteiger partial charge in [-0.05, 0) is 30.9 Å². The van der Waals surface area contributed by atoms with Crippen LogP contribution in [0.5, 0.6) is 0 Å². The van der Waals surface area contributed by atoms with E-state index in [1.165, 1.54) is 12.1 Å².